The minimum atomic E-state index is -0.144. The van der Waals surface area contributed by atoms with E-state index in [0.29, 0.717) is 18.8 Å². The number of carbonyl (C=O) groups is 1. The Labute approximate surface area is 151 Å². The van der Waals surface area contributed by atoms with Crippen molar-refractivity contribution in [1.82, 2.24) is 24.4 Å². The average Bonchev–Trinajstić information content (AvgIpc) is 3.07. The van der Waals surface area contributed by atoms with Gasteiger partial charge in [0.15, 0.2) is 0 Å². The summed E-state index contributed by atoms with van der Waals surface area (Å²) in [6.07, 6.45) is 8.98. The van der Waals surface area contributed by atoms with Crippen molar-refractivity contribution in [3.05, 3.63) is 72.8 Å². The Morgan fingerprint density at radius 1 is 1.15 bits per heavy atom. The summed E-state index contributed by atoms with van der Waals surface area (Å²) in [5.41, 5.74) is 1.34. The lowest BCUT2D eigenvalue weighted by Crippen LogP contribution is -2.43. The highest BCUT2D eigenvalue weighted by Crippen LogP contribution is 2.21. The maximum absolute atomic E-state index is 13.0. The molecule has 1 aliphatic rings. The Hall–Kier alpha value is -3.22. The van der Waals surface area contributed by atoms with Crippen molar-refractivity contribution in [3.63, 3.8) is 0 Å². The maximum Gasteiger partial charge on any atom is 0.274 e. The first kappa shape index (κ1) is 16.3. The van der Waals surface area contributed by atoms with Crippen molar-refractivity contribution in [1.29, 1.82) is 0 Å². The monoisotopic (exact) mass is 349 g/mol. The van der Waals surface area contributed by atoms with Gasteiger partial charge in [0.25, 0.3) is 5.91 Å². The van der Waals surface area contributed by atoms with Crippen LogP contribution in [0.15, 0.2) is 61.4 Å². The Morgan fingerprint density at radius 3 is 2.85 bits per heavy atom. The largest absolute Gasteiger partial charge is 0.491 e. The van der Waals surface area contributed by atoms with Crippen LogP contribution in [0.4, 0.5) is 0 Å². The van der Waals surface area contributed by atoms with Crippen LogP contribution < -0.4 is 4.74 Å². The lowest BCUT2D eigenvalue weighted by Gasteiger charge is -2.29. The van der Waals surface area contributed by atoms with Gasteiger partial charge in [0.05, 0.1) is 30.8 Å². The number of fused-ring (bicyclic) bond motifs is 1. The van der Waals surface area contributed by atoms with E-state index in [1.807, 2.05) is 35.2 Å². The highest BCUT2D eigenvalue weighted by molar-refractivity contribution is 5.92. The van der Waals surface area contributed by atoms with Crippen LogP contribution in [0, 0.1) is 0 Å². The maximum atomic E-state index is 13.0. The second-order valence-electron chi connectivity index (χ2n) is 6.17. The van der Waals surface area contributed by atoms with Gasteiger partial charge in [-0.2, -0.15) is 0 Å². The molecule has 132 valence electrons. The normalized spacial score (nSPS) is 16.6. The fourth-order valence-corrected chi connectivity index (χ4v) is 3.11. The first-order chi connectivity index (χ1) is 12.8. The fraction of sp³-hybridized carbons (Fsp3) is 0.263. The summed E-state index contributed by atoms with van der Waals surface area (Å²) in [4.78, 5) is 27.2. The molecule has 0 fully saturated rings. The number of hydrogen-bond acceptors (Lipinski definition) is 5. The third-order valence-electron chi connectivity index (χ3n) is 4.50. The number of benzene rings is 1. The lowest BCUT2D eigenvalue weighted by molar-refractivity contribution is 0.0582. The van der Waals surface area contributed by atoms with Gasteiger partial charge < -0.3 is 14.2 Å². The summed E-state index contributed by atoms with van der Waals surface area (Å²) in [6, 6.07) is 9.58. The van der Waals surface area contributed by atoms with Crippen molar-refractivity contribution in [3.8, 4) is 5.75 Å². The van der Waals surface area contributed by atoms with Gasteiger partial charge in [-0.15, -0.1) is 0 Å². The zero-order valence-electron chi connectivity index (χ0n) is 14.2. The third kappa shape index (κ3) is 3.42. The number of nitrogens with zero attached hydrogens (tertiary/aromatic N) is 5. The number of aryl methyl sites for hydroxylation is 1. The molecule has 7 heteroatoms. The molecule has 1 amide bonds. The molecule has 0 N–H and O–H groups in total. The molecule has 1 unspecified atom stereocenters. The second-order valence-corrected chi connectivity index (χ2v) is 6.17. The zero-order chi connectivity index (χ0) is 17.8. The molecule has 0 spiro atoms. The SMILES string of the molecule is O=C(c1cnccn1)N1Cc2cncn2CCC1COc1ccccc1. The summed E-state index contributed by atoms with van der Waals surface area (Å²) in [5, 5.41) is 0. The van der Waals surface area contributed by atoms with E-state index in [4.69, 9.17) is 4.74 Å². The first-order valence-corrected chi connectivity index (χ1v) is 8.55. The van der Waals surface area contributed by atoms with Crippen LogP contribution in [0.1, 0.15) is 22.6 Å². The molecular formula is C19H19N5O2. The van der Waals surface area contributed by atoms with Crippen molar-refractivity contribution in [2.45, 2.75) is 25.6 Å². The molecule has 0 bridgehead atoms. The summed E-state index contributed by atoms with van der Waals surface area (Å²) in [5.74, 6) is 0.652. The third-order valence-corrected chi connectivity index (χ3v) is 4.50. The molecule has 7 nitrogen and oxygen atoms in total. The quantitative estimate of drug-likeness (QED) is 0.722. The Kier molecular flexibility index (Phi) is 4.59. The van der Waals surface area contributed by atoms with E-state index in [1.165, 1.54) is 12.4 Å². The zero-order valence-corrected chi connectivity index (χ0v) is 14.2. The molecular weight excluding hydrogens is 330 g/mol. The molecule has 1 aliphatic heterocycles. The van der Waals surface area contributed by atoms with Gasteiger partial charge in [-0.05, 0) is 18.6 Å². The molecule has 1 aromatic carbocycles. The number of ether oxygens (including phenoxy) is 1. The first-order valence-electron chi connectivity index (χ1n) is 8.55. The standard InChI is InChI=1S/C19H19N5O2/c25-19(18-11-20-7-8-22-18)24-12-16-10-21-14-23(16)9-6-15(24)13-26-17-4-2-1-3-5-17/h1-5,7-8,10-11,14-15H,6,9,12-13H2. The van der Waals surface area contributed by atoms with Gasteiger partial charge >= 0.3 is 0 Å². The smallest absolute Gasteiger partial charge is 0.274 e. The molecule has 4 rings (SSSR count). The van der Waals surface area contributed by atoms with Crippen LogP contribution in [0.3, 0.4) is 0 Å². The molecule has 2 aromatic heterocycles. The highest BCUT2D eigenvalue weighted by Gasteiger charge is 2.30. The topological polar surface area (TPSA) is 73.1 Å². The molecule has 3 heterocycles. The summed E-state index contributed by atoms with van der Waals surface area (Å²) in [6.45, 7) is 1.69. The summed E-state index contributed by atoms with van der Waals surface area (Å²) in [7, 11) is 0. The van der Waals surface area contributed by atoms with Gasteiger partial charge in [-0.25, -0.2) is 9.97 Å². The van der Waals surface area contributed by atoms with E-state index in [2.05, 4.69) is 19.5 Å². The van der Waals surface area contributed by atoms with Crippen LogP contribution in [0.2, 0.25) is 0 Å². The molecule has 0 saturated heterocycles. The van der Waals surface area contributed by atoms with E-state index in [9.17, 15) is 4.79 Å². The molecule has 0 aliphatic carbocycles. The number of hydrogen-bond donors (Lipinski definition) is 0. The van der Waals surface area contributed by atoms with Crippen LogP contribution in [0.25, 0.3) is 0 Å². The molecule has 1 atom stereocenters. The molecule has 0 saturated carbocycles. The summed E-state index contributed by atoms with van der Waals surface area (Å²) >= 11 is 0. The van der Waals surface area contributed by atoms with Crippen molar-refractivity contribution < 1.29 is 9.53 Å². The van der Waals surface area contributed by atoms with Crippen molar-refractivity contribution in [2.75, 3.05) is 6.61 Å². The molecule has 0 radical (unpaired) electrons. The minimum Gasteiger partial charge on any atom is -0.491 e. The van der Waals surface area contributed by atoms with E-state index in [-0.39, 0.29) is 11.9 Å². The van der Waals surface area contributed by atoms with Crippen LogP contribution >= 0.6 is 0 Å². The van der Waals surface area contributed by atoms with Gasteiger partial charge in [0, 0.05) is 25.1 Å². The predicted molar refractivity (Wildman–Crippen MR) is 94.5 cm³/mol. The second kappa shape index (κ2) is 7.35. The lowest BCUT2D eigenvalue weighted by atomic mass is 10.1. The number of carbonyl (C=O) groups excluding carboxylic acids is 1. The Morgan fingerprint density at radius 2 is 2.04 bits per heavy atom. The van der Waals surface area contributed by atoms with E-state index in [1.54, 1.807) is 18.7 Å². The number of para-hydroxylation sites is 1. The van der Waals surface area contributed by atoms with E-state index < -0.39 is 0 Å². The Balaban J connectivity index is 1.57. The minimum absolute atomic E-state index is 0.0652. The van der Waals surface area contributed by atoms with Crippen molar-refractivity contribution in [2.24, 2.45) is 0 Å². The van der Waals surface area contributed by atoms with E-state index >= 15 is 0 Å². The number of imidazole rings is 1. The van der Waals surface area contributed by atoms with Crippen molar-refractivity contribution >= 4 is 5.91 Å². The van der Waals surface area contributed by atoms with Crippen LogP contribution in [-0.4, -0.2) is 43.0 Å². The predicted octanol–water partition coefficient (Wildman–Crippen LogP) is 2.17. The van der Waals surface area contributed by atoms with Crippen LogP contribution in [-0.2, 0) is 13.1 Å². The fourth-order valence-electron chi connectivity index (χ4n) is 3.11. The van der Waals surface area contributed by atoms with Gasteiger partial charge in [0.1, 0.15) is 18.1 Å². The average molecular weight is 349 g/mol. The number of rotatable bonds is 4. The molecule has 3 aromatic rings. The van der Waals surface area contributed by atoms with Gasteiger partial charge in [-0.1, -0.05) is 18.2 Å². The Bertz CT molecular complexity index is 866. The molecule has 26 heavy (non-hydrogen) atoms. The van der Waals surface area contributed by atoms with E-state index in [0.717, 1.165) is 24.4 Å². The highest BCUT2D eigenvalue weighted by atomic mass is 16.5. The van der Waals surface area contributed by atoms with Crippen LogP contribution in [0.5, 0.6) is 5.75 Å². The number of amides is 1. The summed E-state index contributed by atoms with van der Waals surface area (Å²) < 4.78 is 8.02. The van der Waals surface area contributed by atoms with Gasteiger partial charge in [0.2, 0.25) is 0 Å². The van der Waals surface area contributed by atoms with Gasteiger partial charge in [-0.3, -0.25) is 9.78 Å². The number of aromatic nitrogens is 4.